The van der Waals surface area contributed by atoms with Crippen molar-refractivity contribution in [2.24, 2.45) is 5.92 Å². The smallest absolute Gasteiger partial charge is 0.306 e. The van der Waals surface area contributed by atoms with E-state index in [0.29, 0.717) is 31.0 Å². The van der Waals surface area contributed by atoms with E-state index in [0.717, 1.165) is 5.56 Å². The first-order chi connectivity index (χ1) is 13.8. The lowest BCUT2D eigenvalue weighted by Gasteiger charge is -2.37. The lowest BCUT2D eigenvalue weighted by atomic mass is 9.96. The van der Waals surface area contributed by atoms with Crippen molar-refractivity contribution in [1.82, 2.24) is 4.90 Å². The van der Waals surface area contributed by atoms with Gasteiger partial charge in [-0.15, -0.1) is 0 Å². The van der Waals surface area contributed by atoms with E-state index in [1.165, 1.54) is 19.2 Å². The molecular weight excluding hydrogens is 394 g/mol. The molecule has 7 nitrogen and oxygen atoms in total. The largest absolute Gasteiger partial charge is 0.497 e. The average Bonchev–Trinajstić information content (AvgIpc) is 2.74. The molecule has 2 unspecified atom stereocenters. The molecule has 2 aromatic carbocycles. The summed E-state index contributed by atoms with van der Waals surface area (Å²) in [6, 6.07) is 13.6. The minimum atomic E-state index is -3.76. The van der Waals surface area contributed by atoms with Crippen LogP contribution >= 0.6 is 0 Å². The number of benzene rings is 2. The number of sulfone groups is 1. The molecule has 0 aliphatic carbocycles. The van der Waals surface area contributed by atoms with E-state index in [2.05, 4.69) is 0 Å². The van der Waals surface area contributed by atoms with Crippen LogP contribution < -0.4 is 9.47 Å². The van der Waals surface area contributed by atoms with Gasteiger partial charge < -0.3 is 14.6 Å². The second-order valence-corrected chi connectivity index (χ2v) is 9.16. The molecule has 1 N–H and O–H groups in total. The summed E-state index contributed by atoms with van der Waals surface area (Å²) in [7, 11) is -0.673. The Labute approximate surface area is 170 Å². The van der Waals surface area contributed by atoms with Crippen LogP contribution in [0.3, 0.4) is 0 Å². The van der Waals surface area contributed by atoms with Gasteiger partial charge in [-0.25, -0.2) is 8.42 Å². The molecule has 0 spiro atoms. The van der Waals surface area contributed by atoms with Crippen molar-refractivity contribution < 1.29 is 27.8 Å². The van der Waals surface area contributed by atoms with Crippen LogP contribution in [0.25, 0.3) is 0 Å². The summed E-state index contributed by atoms with van der Waals surface area (Å²) < 4.78 is 37.1. The van der Waals surface area contributed by atoms with Crippen molar-refractivity contribution in [3.63, 3.8) is 0 Å². The fourth-order valence-electron chi connectivity index (χ4n) is 3.63. The summed E-state index contributed by atoms with van der Waals surface area (Å²) in [6.45, 7) is 0.776. The van der Waals surface area contributed by atoms with E-state index < -0.39 is 27.1 Å². The molecule has 156 valence electrons. The third kappa shape index (κ3) is 4.71. The molecule has 1 aliphatic heterocycles. The first-order valence-electron chi connectivity index (χ1n) is 9.33. The van der Waals surface area contributed by atoms with Crippen LogP contribution in [0.2, 0.25) is 0 Å². The Morgan fingerprint density at radius 1 is 1.10 bits per heavy atom. The lowest BCUT2D eigenvalue weighted by molar-refractivity contribution is -0.143. The topological polar surface area (TPSA) is 93.1 Å². The van der Waals surface area contributed by atoms with Gasteiger partial charge in [0.15, 0.2) is 9.84 Å². The highest BCUT2D eigenvalue weighted by Crippen LogP contribution is 2.32. The number of hydrogen-bond acceptors (Lipinski definition) is 6. The zero-order chi connectivity index (χ0) is 21.0. The average molecular weight is 419 g/mol. The van der Waals surface area contributed by atoms with E-state index in [-0.39, 0.29) is 11.3 Å². The van der Waals surface area contributed by atoms with Gasteiger partial charge in [-0.2, -0.15) is 0 Å². The number of carboxylic acid groups (broad SMARTS) is 1. The molecule has 8 heteroatoms. The Morgan fingerprint density at radius 3 is 2.41 bits per heavy atom. The molecule has 0 saturated carbocycles. The number of methoxy groups -OCH3 is 2. The van der Waals surface area contributed by atoms with Gasteiger partial charge in [0, 0.05) is 13.1 Å². The second-order valence-electron chi connectivity index (χ2n) is 7.06. The van der Waals surface area contributed by atoms with Gasteiger partial charge in [0.05, 0.1) is 25.0 Å². The number of nitrogens with zero attached hydrogens (tertiary/aromatic N) is 1. The van der Waals surface area contributed by atoms with Crippen molar-refractivity contribution in [3.05, 3.63) is 54.1 Å². The highest BCUT2D eigenvalue weighted by Gasteiger charge is 2.40. The SMILES string of the molecule is COc1ccc(S(=O)(=O)C2CC(C(=O)O)CCN2Cc2cccc(OC)c2)cc1. The van der Waals surface area contributed by atoms with Gasteiger partial charge in [0.2, 0.25) is 0 Å². The summed E-state index contributed by atoms with van der Waals surface area (Å²) in [5.41, 5.74) is 0.910. The monoisotopic (exact) mass is 419 g/mol. The summed E-state index contributed by atoms with van der Waals surface area (Å²) in [5.74, 6) is -0.391. The van der Waals surface area contributed by atoms with Crippen LogP contribution in [0.4, 0.5) is 0 Å². The van der Waals surface area contributed by atoms with Gasteiger partial charge >= 0.3 is 5.97 Å². The molecule has 0 bridgehead atoms. The van der Waals surface area contributed by atoms with Gasteiger partial charge in [0.25, 0.3) is 0 Å². The summed E-state index contributed by atoms with van der Waals surface area (Å²) in [6.07, 6.45) is 0.460. The number of carbonyl (C=O) groups is 1. The number of rotatable bonds is 7. The molecule has 0 amide bonds. The van der Waals surface area contributed by atoms with Crippen molar-refractivity contribution >= 4 is 15.8 Å². The van der Waals surface area contributed by atoms with Gasteiger partial charge in [-0.05, 0) is 54.8 Å². The van der Waals surface area contributed by atoms with E-state index in [9.17, 15) is 18.3 Å². The number of hydrogen-bond donors (Lipinski definition) is 1. The van der Waals surface area contributed by atoms with Crippen molar-refractivity contribution in [3.8, 4) is 11.5 Å². The molecule has 1 saturated heterocycles. The molecular formula is C21H25NO6S. The minimum absolute atomic E-state index is 0.0493. The molecule has 1 fully saturated rings. The van der Waals surface area contributed by atoms with Gasteiger partial charge in [-0.1, -0.05) is 12.1 Å². The van der Waals surface area contributed by atoms with E-state index in [4.69, 9.17) is 9.47 Å². The lowest BCUT2D eigenvalue weighted by Crippen LogP contribution is -2.47. The molecule has 1 heterocycles. The van der Waals surface area contributed by atoms with Crippen molar-refractivity contribution in [2.45, 2.75) is 29.7 Å². The van der Waals surface area contributed by atoms with Crippen LogP contribution in [-0.2, 0) is 21.2 Å². The van der Waals surface area contributed by atoms with Crippen LogP contribution in [0.15, 0.2) is 53.4 Å². The predicted octanol–water partition coefficient (Wildman–Crippen LogP) is 2.80. The fraction of sp³-hybridized carbons (Fsp3) is 0.381. The minimum Gasteiger partial charge on any atom is -0.497 e. The summed E-state index contributed by atoms with van der Waals surface area (Å²) in [4.78, 5) is 13.5. The number of carboxylic acids is 1. The Hall–Kier alpha value is -2.58. The van der Waals surface area contributed by atoms with Crippen LogP contribution in [0.5, 0.6) is 11.5 Å². The number of ether oxygens (including phenoxy) is 2. The second kappa shape index (κ2) is 8.84. The van der Waals surface area contributed by atoms with Crippen molar-refractivity contribution in [2.75, 3.05) is 20.8 Å². The highest BCUT2D eigenvalue weighted by molar-refractivity contribution is 7.92. The Morgan fingerprint density at radius 2 is 1.79 bits per heavy atom. The molecule has 3 rings (SSSR count). The van der Waals surface area contributed by atoms with Gasteiger partial charge in [0.1, 0.15) is 16.9 Å². The predicted molar refractivity (Wildman–Crippen MR) is 108 cm³/mol. The zero-order valence-corrected chi connectivity index (χ0v) is 17.3. The van der Waals surface area contributed by atoms with E-state index in [1.54, 1.807) is 19.2 Å². The van der Waals surface area contributed by atoms with Gasteiger partial charge in [-0.3, -0.25) is 9.69 Å². The fourth-order valence-corrected chi connectivity index (χ4v) is 5.52. The quantitative estimate of drug-likeness (QED) is 0.738. The molecule has 29 heavy (non-hydrogen) atoms. The summed E-state index contributed by atoms with van der Waals surface area (Å²) >= 11 is 0. The standard InChI is InChI=1S/C21H25NO6S/c1-27-17-6-8-19(9-7-17)29(25,26)20-13-16(21(23)24)10-11-22(20)14-15-4-3-5-18(12-15)28-2/h3-9,12,16,20H,10-11,13-14H2,1-2H3,(H,23,24). The van der Waals surface area contributed by atoms with E-state index in [1.807, 2.05) is 29.2 Å². The van der Waals surface area contributed by atoms with Crippen LogP contribution in [0, 0.1) is 5.92 Å². The third-order valence-corrected chi connectivity index (χ3v) is 7.41. The maximum atomic E-state index is 13.4. The maximum absolute atomic E-state index is 13.4. The maximum Gasteiger partial charge on any atom is 0.306 e. The first kappa shape index (κ1) is 21.1. The highest BCUT2D eigenvalue weighted by atomic mass is 32.2. The number of likely N-dealkylation sites (tertiary alicyclic amines) is 1. The zero-order valence-electron chi connectivity index (χ0n) is 16.4. The van der Waals surface area contributed by atoms with Crippen LogP contribution in [0.1, 0.15) is 18.4 Å². The first-order valence-corrected chi connectivity index (χ1v) is 10.9. The molecule has 0 radical (unpaired) electrons. The summed E-state index contributed by atoms with van der Waals surface area (Å²) in [5, 5.41) is 8.54. The molecule has 1 aliphatic rings. The molecule has 0 aromatic heterocycles. The van der Waals surface area contributed by atoms with Crippen LogP contribution in [-0.4, -0.2) is 50.5 Å². The third-order valence-electron chi connectivity index (χ3n) is 5.27. The Kier molecular flexibility index (Phi) is 6.44. The molecule has 2 atom stereocenters. The Balaban J connectivity index is 1.92. The normalized spacial score (nSPS) is 20.2. The van der Waals surface area contributed by atoms with E-state index >= 15 is 0 Å². The Bertz CT molecular complexity index is 957. The number of aliphatic carboxylic acids is 1. The number of piperidine rings is 1. The van der Waals surface area contributed by atoms with Crippen molar-refractivity contribution in [1.29, 1.82) is 0 Å². The molecule has 2 aromatic rings.